The number of fused-ring (bicyclic) bond motifs is 2. The van der Waals surface area contributed by atoms with Crippen molar-refractivity contribution < 1.29 is 9.47 Å². The van der Waals surface area contributed by atoms with Gasteiger partial charge in [0.1, 0.15) is 12.2 Å². The predicted octanol–water partition coefficient (Wildman–Crippen LogP) is 0.522. The molecule has 1 unspecified atom stereocenters. The fourth-order valence-electron chi connectivity index (χ4n) is 2.80. The summed E-state index contributed by atoms with van der Waals surface area (Å²) in [5.41, 5.74) is 7.40. The molecule has 1 aromatic carbocycles. The summed E-state index contributed by atoms with van der Waals surface area (Å²) < 4.78 is 12.8. The van der Waals surface area contributed by atoms with Gasteiger partial charge in [-0.25, -0.2) is 0 Å². The Bertz CT molecular complexity index is 657. The summed E-state index contributed by atoms with van der Waals surface area (Å²) in [6, 6.07) is 5.84. The van der Waals surface area contributed by atoms with Crippen molar-refractivity contribution in [3.63, 3.8) is 0 Å². The smallest absolute Gasteiger partial charge is 0.231 e. The number of aromatic nitrogens is 3. The molecule has 7 heteroatoms. The molecule has 110 valence electrons. The van der Waals surface area contributed by atoms with E-state index < -0.39 is 0 Å². The molecule has 0 aliphatic carbocycles. The van der Waals surface area contributed by atoms with E-state index >= 15 is 0 Å². The van der Waals surface area contributed by atoms with Crippen LogP contribution in [0.3, 0.4) is 0 Å². The van der Waals surface area contributed by atoms with E-state index in [4.69, 9.17) is 15.2 Å². The second-order valence-electron chi connectivity index (χ2n) is 5.39. The fraction of sp³-hybridized carbons (Fsp3) is 0.429. The van der Waals surface area contributed by atoms with Crippen LogP contribution in [0.4, 0.5) is 0 Å². The molecule has 1 atom stereocenters. The first-order chi connectivity index (χ1) is 10.3. The van der Waals surface area contributed by atoms with Crippen LogP contribution in [0.25, 0.3) is 0 Å². The van der Waals surface area contributed by atoms with Crippen molar-refractivity contribution in [2.45, 2.75) is 19.1 Å². The van der Waals surface area contributed by atoms with Crippen LogP contribution < -0.4 is 15.2 Å². The van der Waals surface area contributed by atoms with Crippen LogP contribution in [0.15, 0.2) is 24.5 Å². The molecule has 0 amide bonds. The van der Waals surface area contributed by atoms with E-state index in [1.807, 2.05) is 18.2 Å². The van der Waals surface area contributed by atoms with Crippen LogP contribution in [0.2, 0.25) is 0 Å². The lowest BCUT2D eigenvalue weighted by atomic mass is 10.1. The van der Waals surface area contributed by atoms with Gasteiger partial charge in [-0.05, 0) is 17.7 Å². The minimum absolute atomic E-state index is 0.0611. The molecule has 0 radical (unpaired) electrons. The normalized spacial score (nSPS) is 18.5. The molecule has 2 aliphatic heterocycles. The maximum Gasteiger partial charge on any atom is 0.231 e. The molecular formula is C14H17N5O2. The topological polar surface area (TPSA) is 78.4 Å². The van der Waals surface area contributed by atoms with E-state index in [0.29, 0.717) is 0 Å². The summed E-state index contributed by atoms with van der Waals surface area (Å²) in [5.74, 6) is 2.57. The van der Waals surface area contributed by atoms with Crippen LogP contribution in [0.5, 0.6) is 11.5 Å². The highest BCUT2D eigenvalue weighted by Gasteiger charge is 2.21. The van der Waals surface area contributed by atoms with Gasteiger partial charge in [-0.3, -0.25) is 4.90 Å². The van der Waals surface area contributed by atoms with Gasteiger partial charge >= 0.3 is 0 Å². The van der Waals surface area contributed by atoms with Crippen LogP contribution in [-0.4, -0.2) is 39.5 Å². The molecule has 0 saturated heterocycles. The van der Waals surface area contributed by atoms with Gasteiger partial charge in [-0.15, -0.1) is 10.2 Å². The highest BCUT2D eigenvalue weighted by Crippen LogP contribution is 2.34. The van der Waals surface area contributed by atoms with E-state index in [-0.39, 0.29) is 12.8 Å². The van der Waals surface area contributed by atoms with Gasteiger partial charge in [0, 0.05) is 25.7 Å². The molecule has 7 nitrogen and oxygen atoms in total. The summed E-state index contributed by atoms with van der Waals surface area (Å²) in [7, 11) is 0. The van der Waals surface area contributed by atoms with Gasteiger partial charge in [0.15, 0.2) is 11.5 Å². The largest absolute Gasteiger partial charge is 0.454 e. The monoisotopic (exact) mass is 287 g/mol. The van der Waals surface area contributed by atoms with Gasteiger partial charge in [0.05, 0.1) is 6.54 Å². The Hall–Kier alpha value is -2.12. The van der Waals surface area contributed by atoms with Gasteiger partial charge in [-0.2, -0.15) is 0 Å². The summed E-state index contributed by atoms with van der Waals surface area (Å²) >= 11 is 0. The molecule has 2 aliphatic rings. The second kappa shape index (κ2) is 5.01. The van der Waals surface area contributed by atoms with Gasteiger partial charge < -0.3 is 19.8 Å². The van der Waals surface area contributed by atoms with E-state index in [1.54, 1.807) is 6.33 Å². The quantitative estimate of drug-likeness (QED) is 0.887. The number of rotatable bonds is 3. The Balaban J connectivity index is 1.45. The third-order valence-corrected chi connectivity index (χ3v) is 4.00. The Morgan fingerprint density at radius 3 is 3.10 bits per heavy atom. The van der Waals surface area contributed by atoms with Gasteiger partial charge in [-0.1, -0.05) is 6.07 Å². The molecule has 0 bridgehead atoms. The number of nitrogens with two attached hydrogens (primary N) is 1. The first kappa shape index (κ1) is 12.6. The number of benzene rings is 1. The van der Waals surface area contributed by atoms with Crippen molar-refractivity contribution in [2.24, 2.45) is 5.73 Å². The third kappa shape index (κ3) is 2.34. The number of nitrogens with zero attached hydrogens (tertiary/aromatic N) is 4. The minimum Gasteiger partial charge on any atom is -0.454 e. The zero-order chi connectivity index (χ0) is 14.2. The van der Waals surface area contributed by atoms with E-state index in [1.165, 1.54) is 0 Å². The minimum atomic E-state index is -0.0611. The van der Waals surface area contributed by atoms with E-state index in [2.05, 4.69) is 19.7 Å². The van der Waals surface area contributed by atoms with Crippen LogP contribution in [0, 0.1) is 0 Å². The lowest BCUT2D eigenvalue weighted by Crippen LogP contribution is -2.38. The molecule has 2 N–H and O–H groups in total. The van der Waals surface area contributed by atoms with Gasteiger partial charge in [0.2, 0.25) is 6.79 Å². The van der Waals surface area contributed by atoms with E-state index in [0.717, 1.165) is 49.1 Å². The van der Waals surface area contributed by atoms with Crippen molar-refractivity contribution in [3.05, 3.63) is 35.9 Å². The maximum absolute atomic E-state index is 6.33. The number of hydrogen-bond acceptors (Lipinski definition) is 6. The molecule has 21 heavy (non-hydrogen) atoms. The zero-order valence-corrected chi connectivity index (χ0v) is 11.6. The van der Waals surface area contributed by atoms with Crippen LogP contribution in [0.1, 0.15) is 17.4 Å². The SMILES string of the molecule is NC(CN1CCn2cnnc2C1)c1ccc2c(c1)OCO2. The van der Waals surface area contributed by atoms with Gasteiger partial charge in [0.25, 0.3) is 0 Å². The fourth-order valence-corrected chi connectivity index (χ4v) is 2.80. The van der Waals surface area contributed by atoms with Crippen molar-refractivity contribution >= 4 is 0 Å². The summed E-state index contributed by atoms with van der Waals surface area (Å²) in [5, 5.41) is 8.07. The van der Waals surface area contributed by atoms with Crippen molar-refractivity contribution in [2.75, 3.05) is 19.9 Å². The molecule has 0 fully saturated rings. The standard InChI is InChI=1S/C14H17N5O2/c15-11(10-1-2-12-13(5-10)21-9-20-12)6-18-3-4-19-8-16-17-14(19)7-18/h1-2,5,8,11H,3-4,6-7,9,15H2. The average molecular weight is 287 g/mol. The maximum atomic E-state index is 6.33. The van der Waals surface area contributed by atoms with Crippen molar-refractivity contribution in [1.29, 1.82) is 0 Å². The molecule has 1 aromatic heterocycles. The zero-order valence-electron chi connectivity index (χ0n) is 11.6. The first-order valence-electron chi connectivity index (χ1n) is 7.04. The summed E-state index contributed by atoms with van der Waals surface area (Å²) in [6.07, 6.45) is 1.78. The molecular weight excluding hydrogens is 270 g/mol. The lowest BCUT2D eigenvalue weighted by molar-refractivity contribution is 0.174. The molecule has 0 spiro atoms. The Morgan fingerprint density at radius 1 is 1.24 bits per heavy atom. The highest BCUT2D eigenvalue weighted by atomic mass is 16.7. The first-order valence-corrected chi connectivity index (χ1v) is 7.04. The lowest BCUT2D eigenvalue weighted by Gasteiger charge is -2.29. The molecule has 0 saturated carbocycles. The average Bonchev–Trinajstić information content (AvgIpc) is 3.14. The second-order valence-corrected chi connectivity index (χ2v) is 5.39. The van der Waals surface area contributed by atoms with Crippen LogP contribution in [-0.2, 0) is 13.1 Å². The van der Waals surface area contributed by atoms with Crippen LogP contribution >= 0.6 is 0 Å². The van der Waals surface area contributed by atoms with Crippen molar-refractivity contribution in [1.82, 2.24) is 19.7 Å². The third-order valence-electron chi connectivity index (χ3n) is 4.00. The van der Waals surface area contributed by atoms with E-state index in [9.17, 15) is 0 Å². The Morgan fingerprint density at radius 2 is 2.14 bits per heavy atom. The molecule has 2 aromatic rings. The number of ether oxygens (including phenoxy) is 2. The Labute approximate surface area is 122 Å². The number of hydrogen-bond donors (Lipinski definition) is 1. The Kier molecular flexibility index (Phi) is 3.01. The van der Waals surface area contributed by atoms with Crippen molar-refractivity contribution in [3.8, 4) is 11.5 Å². The highest BCUT2D eigenvalue weighted by molar-refractivity contribution is 5.45. The molecule has 4 rings (SSSR count). The predicted molar refractivity (Wildman–Crippen MR) is 74.8 cm³/mol. The summed E-state index contributed by atoms with van der Waals surface area (Å²) in [6.45, 7) is 3.74. The summed E-state index contributed by atoms with van der Waals surface area (Å²) in [4.78, 5) is 2.30. The molecule has 3 heterocycles.